The quantitative estimate of drug-likeness (QED) is 0.863. The number of hydrogen-bond acceptors (Lipinski definition) is 3. The van der Waals surface area contributed by atoms with E-state index in [9.17, 15) is 0 Å². The zero-order valence-electron chi connectivity index (χ0n) is 11.0. The summed E-state index contributed by atoms with van der Waals surface area (Å²) >= 11 is 0. The van der Waals surface area contributed by atoms with Crippen LogP contribution in [0.4, 0.5) is 0 Å². The molecule has 1 fully saturated rings. The zero-order chi connectivity index (χ0) is 12.3. The molecule has 1 N–H and O–H groups in total. The summed E-state index contributed by atoms with van der Waals surface area (Å²) < 4.78 is 5.28. The minimum Gasteiger partial charge on any atom is -0.496 e. The minimum absolute atomic E-state index is 0.600. The van der Waals surface area contributed by atoms with E-state index in [0.29, 0.717) is 6.04 Å². The molecule has 0 saturated carbocycles. The summed E-state index contributed by atoms with van der Waals surface area (Å²) in [5.74, 6) is 0.974. The Balaban J connectivity index is 2.00. The van der Waals surface area contributed by atoms with E-state index in [4.69, 9.17) is 4.74 Å². The molecule has 3 nitrogen and oxygen atoms in total. The van der Waals surface area contributed by atoms with Crippen LogP contribution in [-0.2, 0) is 6.54 Å². The van der Waals surface area contributed by atoms with Gasteiger partial charge in [-0.1, -0.05) is 12.1 Å². The Morgan fingerprint density at radius 3 is 2.94 bits per heavy atom. The van der Waals surface area contributed by atoms with E-state index in [1.165, 1.54) is 11.1 Å². The first kappa shape index (κ1) is 12.4. The number of aryl methyl sites for hydroxylation is 1. The van der Waals surface area contributed by atoms with Crippen molar-refractivity contribution >= 4 is 0 Å². The molecule has 0 spiro atoms. The van der Waals surface area contributed by atoms with Crippen molar-refractivity contribution in [1.82, 2.24) is 10.2 Å². The number of benzene rings is 1. The first-order valence-electron chi connectivity index (χ1n) is 6.28. The van der Waals surface area contributed by atoms with E-state index >= 15 is 0 Å². The van der Waals surface area contributed by atoms with Crippen molar-refractivity contribution < 1.29 is 4.74 Å². The molecule has 0 unspecified atom stereocenters. The smallest absolute Gasteiger partial charge is 0.121 e. The fourth-order valence-electron chi connectivity index (χ4n) is 2.45. The van der Waals surface area contributed by atoms with Crippen molar-refractivity contribution in [2.24, 2.45) is 0 Å². The largest absolute Gasteiger partial charge is 0.496 e. The van der Waals surface area contributed by atoms with Crippen molar-refractivity contribution in [3.8, 4) is 5.75 Å². The van der Waals surface area contributed by atoms with E-state index < -0.39 is 0 Å². The highest BCUT2D eigenvalue weighted by Crippen LogP contribution is 2.19. The molecule has 1 aliphatic heterocycles. The van der Waals surface area contributed by atoms with Gasteiger partial charge in [0.15, 0.2) is 0 Å². The number of ether oxygens (including phenoxy) is 1. The minimum atomic E-state index is 0.600. The van der Waals surface area contributed by atoms with Crippen molar-refractivity contribution in [2.45, 2.75) is 26.4 Å². The third-order valence-corrected chi connectivity index (χ3v) is 3.32. The van der Waals surface area contributed by atoms with Crippen LogP contribution in [-0.4, -0.2) is 37.7 Å². The lowest BCUT2D eigenvalue weighted by Gasteiger charge is -2.31. The van der Waals surface area contributed by atoms with E-state index in [1.54, 1.807) is 7.11 Å². The first-order valence-corrected chi connectivity index (χ1v) is 6.28. The molecule has 0 amide bonds. The molecule has 2 rings (SSSR count). The van der Waals surface area contributed by atoms with E-state index in [1.807, 2.05) is 0 Å². The van der Waals surface area contributed by atoms with Crippen LogP contribution in [0.25, 0.3) is 0 Å². The van der Waals surface area contributed by atoms with E-state index in [2.05, 4.69) is 42.3 Å². The number of piperazine rings is 1. The van der Waals surface area contributed by atoms with Gasteiger partial charge in [-0.05, 0) is 31.0 Å². The Labute approximate surface area is 104 Å². The third kappa shape index (κ3) is 3.20. The van der Waals surface area contributed by atoms with Crippen LogP contribution in [0.1, 0.15) is 18.1 Å². The lowest BCUT2D eigenvalue weighted by molar-refractivity contribution is 0.199. The summed E-state index contributed by atoms with van der Waals surface area (Å²) in [4.78, 5) is 2.50. The average molecular weight is 234 g/mol. The fraction of sp³-hybridized carbons (Fsp3) is 0.571. The van der Waals surface area contributed by atoms with Crippen molar-refractivity contribution in [3.63, 3.8) is 0 Å². The maximum Gasteiger partial charge on any atom is 0.121 e. The highest BCUT2D eigenvalue weighted by molar-refractivity contribution is 5.36. The Kier molecular flexibility index (Phi) is 4.02. The summed E-state index contributed by atoms with van der Waals surface area (Å²) in [7, 11) is 1.72. The third-order valence-electron chi connectivity index (χ3n) is 3.32. The molecule has 17 heavy (non-hydrogen) atoms. The zero-order valence-corrected chi connectivity index (χ0v) is 11.0. The SMILES string of the molecule is COc1ccc(CN2CCN[C@@H](C)C2)cc1C. The summed E-state index contributed by atoms with van der Waals surface area (Å²) in [5.41, 5.74) is 2.59. The predicted molar refractivity (Wildman–Crippen MR) is 70.5 cm³/mol. The van der Waals surface area contributed by atoms with Crippen molar-refractivity contribution in [3.05, 3.63) is 29.3 Å². The second-order valence-electron chi connectivity index (χ2n) is 4.89. The lowest BCUT2D eigenvalue weighted by atomic mass is 10.1. The van der Waals surface area contributed by atoms with Crippen LogP contribution in [0.2, 0.25) is 0 Å². The molecule has 94 valence electrons. The predicted octanol–water partition coefficient (Wildman–Crippen LogP) is 1.80. The fourth-order valence-corrected chi connectivity index (χ4v) is 2.45. The Bertz CT molecular complexity index is 378. The maximum absolute atomic E-state index is 5.28. The Morgan fingerprint density at radius 2 is 2.29 bits per heavy atom. The van der Waals surface area contributed by atoms with E-state index in [-0.39, 0.29) is 0 Å². The summed E-state index contributed by atoms with van der Waals surface area (Å²) in [6, 6.07) is 7.06. The number of nitrogens with one attached hydrogen (secondary N) is 1. The molecule has 1 saturated heterocycles. The van der Waals surface area contributed by atoms with Crippen molar-refractivity contribution in [1.29, 1.82) is 0 Å². The highest BCUT2D eigenvalue weighted by Gasteiger charge is 2.15. The number of rotatable bonds is 3. The highest BCUT2D eigenvalue weighted by atomic mass is 16.5. The van der Waals surface area contributed by atoms with Gasteiger partial charge in [0, 0.05) is 32.2 Å². The van der Waals surface area contributed by atoms with Gasteiger partial charge in [-0.3, -0.25) is 4.90 Å². The molecular weight excluding hydrogens is 212 g/mol. The molecule has 0 aliphatic carbocycles. The van der Waals surface area contributed by atoms with Crippen LogP contribution in [0.3, 0.4) is 0 Å². The summed E-state index contributed by atoms with van der Waals surface area (Å²) in [6.07, 6.45) is 0. The van der Waals surface area contributed by atoms with Gasteiger partial charge >= 0.3 is 0 Å². The monoisotopic (exact) mass is 234 g/mol. The molecule has 1 aromatic carbocycles. The first-order chi connectivity index (χ1) is 8.19. The number of methoxy groups -OCH3 is 1. The molecular formula is C14H22N2O. The van der Waals surface area contributed by atoms with Gasteiger partial charge in [0.2, 0.25) is 0 Å². The van der Waals surface area contributed by atoms with Crippen LogP contribution in [0.5, 0.6) is 5.75 Å². The summed E-state index contributed by atoms with van der Waals surface area (Å²) in [5, 5.41) is 3.47. The van der Waals surface area contributed by atoms with Gasteiger partial charge in [0.1, 0.15) is 5.75 Å². The topological polar surface area (TPSA) is 24.5 Å². The number of nitrogens with zero attached hydrogens (tertiary/aromatic N) is 1. The molecule has 0 aromatic heterocycles. The Morgan fingerprint density at radius 1 is 1.47 bits per heavy atom. The van der Waals surface area contributed by atoms with Gasteiger partial charge in [0.25, 0.3) is 0 Å². The molecule has 1 aliphatic rings. The molecule has 3 heteroatoms. The number of hydrogen-bond donors (Lipinski definition) is 1. The molecule has 0 bridgehead atoms. The van der Waals surface area contributed by atoms with E-state index in [0.717, 1.165) is 31.9 Å². The maximum atomic E-state index is 5.28. The van der Waals surface area contributed by atoms with Gasteiger partial charge < -0.3 is 10.1 Å². The van der Waals surface area contributed by atoms with Crippen molar-refractivity contribution in [2.75, 3.05) is 26.7 Å². The van der Waals surface area contributed by atoms with Crippen LogP contribution < -0.4 is 10.1 Å². The van der Waals surface area contributed by atoms with Crippen LogP contribution in [0, 0.1) is 6.92 Å². The molecule has 1 atom stereocenters. The summed E-state index contributed by atoms with van der Waals surface area (Å²) in [6.45, 7) is 8.74. The van der Waals surface area contributed by atoms with Gasteiger partial charge in [-0.2, -0.15) is 0 Å². The molecule has 1 heterocycles. The lowest BCUT2D eigenvalue weighted by Crippen LogP contribution is -2.48. The Hall–Kier alpha value is -1.06. The normalized spacial score (nSPS) is 21.5. The second-order valence-corrected chi connectivity index (χ2v) is 4.89. The standard InChI is InChI=1S/C14H22N2O/c1-11-8-13(4-5-14(11)17-3)10-16-7-6-15-12(2)9-16/h4-5,8,12,15H,6-7,9-10H2,1-3H3/t12-/m0/s1. The second kappa shape index (κ2) is 5.52. The van der Waals surface area contributed by atoms with Gasteiger partial charge in [0.05, 0.1) is 7.11 Å². The van der Waals surface area contributed by atoms with Crippen LogP contribution >= 0.6 is 0 Å². The van der Waals surface area contributed by atoms with Crippen LogP contribution in [0.15, 0.2) is 18.2 Å². The van der Waals surface area contributed by atoms with Gasteiger partial charge in [-0.25, -0.2) is 0 Å². The average Bonchev–Trinajstić information content (AvgIpc) is 2.29. The molecule has 0 radical (unpaired) electrons. The molecule has 1 aromatic rings. The van der Waals surface area contributed by atoms with Gasteiger partial charge in [-0.15, -0.1) is 0 Å².